The zero-order valence-corrected chi connectivity index (χ0v) is 12.0. The monoisotopic (exact) mass is 345 g/mol. The molecule has 1 N–H and O–H groups in total. The van der Waals surface area contributed by atoms with E-state index in [-0.39, 0.29) is 0 Å². The van der Waals surface area contributed by atoms with E-state index in [0.29, 0.717) is 0 Å². The molecule has 0 spiro atoms. The molecule has 2 unspecified atom stereocenters. The lowest BCUT2D eigenvalue weighted by atomic mass is 10.0. The Hall–Kier alpha value is -0.130. The number of hydrogen-bond donors (Lipinski definition) is 1. The molecule has 2 fully saturated rings. The Balaban J connectivity index is 1.83. The van der Waals surface area contributed by atoms with Gasteiger partial charge in [-0.05, 0) is 49.8 Å². The van der Waals surface area contributed by atoms with Gasteiger partial charge in [0.25, 0.3) is 0 Å². The van der Waals surface area contributed by atoms with Crippen molar-refractivity contribution in [2.45, 2.75) is 0 Å². The zero-order chi connectivity index (χ0) is 11.1. The molecular formula is C11H13Br2N3. The Morgan fingerprint density at radius 2 is 1.94 bits per heavy atom. The zero-order valence-electron chi connectivity index (χ0n) is 8.79. The van der Waals surface area contributed by atoms with E-state index in [1.54, 1.807) is 0 Å². The van der Waals surface area contributed by atoms with Crippen molar-refractivity contribution in [3.63, 3.8) is 0 Å². The van der Waals surface area contributed by atoms with Gasteiger partial charge in [0, 0.05) is 36.8 Å². The van der Waals surface area contributed by atoms with E-state index in [4.69, 9.17) is 0 Å². The first-order valence-electron chi connectivity index (χ1n) is 5.51. The third kappa shape index (κ3) is 1.89. The van der Waals surface area contributed by atoms with E-state index < -0.39 is 0 Å². The summed E-state index contributed by atoms with van der Waals surface area (Å²) in [5.74, 6) is 2.69. The second kappa shape index (κ2) is 4.27. The van der Waals surface area contributed by atoms with Crippen LogP contribution in [0.1, 0.15) is 0 Å². The summed E-state index contributed by atoms with van der Waals surface area (Å²) in [6.07, 6.45) is 1.87. The number of anilines is 1. The largest absolute Gasteiger partial charge is 0.355 e. The molecule has 5 heteroatoms. The predicted molar refractivity (Wildman–Crippen MR) is 71.7 cm³/mol. The maximum absolute atomic E-state index is 4.50. The molecule has 0 aliphatic carbocycles. The summed E-state index contributed by atoms with van der Waals surface area (Å²) in [6, 6.07) is 2.06. The van der Waals surface area contributed by atoms with Gasteiger partial charge < -0.3 is 10.2 Å². The summed E-state index contributed by atoms with van der Waals surface area (Å²) >= 11 is 7.02. The molecule has 2 saturated heterocycles. The van der Waals surface area contributed by atoms with Crippen LogP contribution in [-0.2, 0) is 0 Å². The minimum Gasteiger partial charge on any atom is -0.355 e. The summed E-state index contributed by atoms with van der Waals surface area (Å²) < 4.78 is 2.10. The van der Waals surface area contributed by atoms with Crippen LogP contribution in [0.25, 0.3) is 0 Å². The van der Waals surface area contributed by atoms with Crippen LogP contribution < -0.4 is 10.2 Å². The number of hydrogen-bond acceptors (Lipinski definition) is 3. The van der Waals surface area contributed by atoms with Gasteiger partial charge in [0.1, 0.15) is 5.82 Å². The molecule has 2 aliphatic heterocycles. The number of nitrogens with one attached hydrogen (secondary N) is 1. The highest BCUT2D eigenvalue weighted by Gasteiger charge is 2.37. The fourth-order valence-corrected chi connectivity index (χ4v) is 3.91. The van der Waals surface area contributed by atoms with Gasteiger partial charge >= 0.3 is 0 Å². The van der Waals surface area contributed by atoms with E-state index in [1.165, 1.54) is 0 Å². The highest BCUT2D eigenvalue weighted by Crippen LogP contribution is 2.34. The molecule has 0 saturated carbocycles. The third-order valence-electron chi connectivity index (χ3n) is 3.48. The van der Waals surface area contributed by atoms with Crippen LogP contribution >= 0.6 is 31.9 Å². The van der Waals surface area contributed by atoms with Gasteiger partial charge in [-0.2, -0.15) is 0 Å². The predicted octanol–water partition coefficient (Wildman–Crippen LogP) is 2.26. The van der Waals surface area contributed by atoms with Crippen molar-refractivity contribution >= 4 is 37.7 Å². The second-order valence-electron chi connectivity index (χ2n) is 4.54. The van der Waals surface area contributed by atoms with Crippen molar-refractivity contribution in [1.82, 2.24) is 10.3 Å². The molecule has 0 aromatic carbocycles. The minimum atomic E-state index is 0.803. The van der Waals surface area contributed by atoms with Crippen LogP contribution in [-0.4, -0.2) is 31.2 Å². The highest BCUT2D eigenvalue weighted by molar-refractivity contribution is 9.11. The molecule has 3 rings (SSSR count). The number of nitrogens with zero attached hydrogens (tertiary/aromatic N) is 2. The average molecular weight is 347 g/mol. The van der Waals surface area contributed by atoms with E-state index in [9.17, 15) is 0 Å². The molecule has 0 radical (unpaired) electrons. The lowest BCUT2D eigenvalue weighted by Gasteiger charge is -2.19. The summed E-state index contributed by atoms with van der Waals surface area (Å²) in [7, 11) is 0. The lowest BCUT2D eigenvalue weighted by Crippen LogP contribution is -2.26. The Kier molecular flexibility index (Phi) is 2.94. The molecule has 3 nitrogen and oxygen atoms in total. The van der Waals surface area contributed by atoms with Gasteiger partial charge in [0.15, 0.2) is 0 Å². The Morgan fingerprint density at radius 3 is 2.56 bits per heavy atom. The first-order valence-corrected chi connectivity index (χ1v) is 7.09. The Labute approximate surface area is 112 Å². The highest BCUT2D eigenvalue weighted by atomic mass is 79.9. The van der Waals surface area contributed by atoms with Crippen molar-refractivity contribution in [2.24, 2.45) is 11.8 Å². The van der Waals surface area contributed by atoms with Gasteiger partial charge in [-0.15, -0.1) is 0 Å². The number of pyridine rings is 1. The number of halogens is 2. The van der Waals surface area contributed by atoms with Gasteiger partial charge in [0.05, 0.1) is 4.47 Å². The molecule has 0 amide bonds. The number of fused-ring (bicyclic) bond motifs is 1. The fraction of sp³-hybridized carbons (Fsp3) is 0.545. The van der Waals surface area contributed by atoms with E-state index >= 15 is 0 Å². The molecule has 1 aromatic rings. The first-order chi connectivity index (χ1) is 7.74. The molecule has 16 heavy (non-hydrogen) atoms. The van der Waals surface area contributed by atoms with Crippen molar-refractivity contribution < 1.29 is 0 Å². The smallest absolute Gasteiger partial charge is 0.142 e. The summed E-state index contributed by atoms with van der Waals surface area (Å²) in [6.45, 7) is 4.58. The van der Waals surface area contributed by atoms with Gasteiger partial charge in [-0.3, -0.25) is 0 Å². The van der Waals surface area contributed by atoms with E-state index in [1.807, 2.05) is 6.20 Å². The topological polar surface area (TPSA) is 28.2 Å². The fourth-order valence-electron chi connectivity index (χ4n) is 2.67. The summed E-state index contributed by atoms with van der Waals surface area (Å²) in [5, 5.41) is 3.45. The molecule has 3 heterocycles. The van der Waals surface area contributed by atoms with Crippen LogP contribution in [0, 0.1) is 11.8 Å². The second-order valence-corrected chi connectivity index (χ2v) is 6.31. The summed E-state index contributed by atoms with van der Waals surface area (Å²) in [4.78, 5) is 6.89. The van der Waals surface area contributed by atoms with Gasteiger partial charge in [-0.25, -0.2) is 4.98 Å². The van der Waals surface area contributed by atoms with Crippen molar-refractivity contribution in [3.05, 3.63) is 21.2 Å². The normalized spacial score (nSPS) is 28.5. The van der Waals surface area contributed by atoms with Crippen LogP contribution in [0.5, 0.6) is 0 Å². The van der Waals surface area contributed by atoms with Crippen molar-refractivity contribution in [3.8, 4) is 0 Å². The quantitative estimate of drug-likeness (QED) is 0.845. The molecule has 0 bridgehead atoms. The SMILES string of the molecule is Brc1cnc(N2CC3CNCC3C2)c(Br)c1. The van der Waals surface area contributed by atoms with Gasteiger partial charge in [0.2, 0.25) is 0 Å². The van der Waals surface area contributed by atoms with Crippen LogP contribution in [0.2, 0.25) is 0 Å². The van der Waals surface area contributed by atoms with Crippen LogP contribution in [0.4, 0.5) is 5.82 Å². The van der Waals surface area contributed by atoms with Crippen LogP contribution in [0.15, 0.2) is 21.2 Å². The maximum Gasteiger partial charge on any atom is 0.142 e. The number of aromatic nitrogens is 1. The Bertz CT molecular complexity index is 398. The third-order valence-corrected chi connectivity index (χ3v) is 4.49. The minimum absolute atomic E-state index is 0.803. The average Bonchev–Trinajstić information content (AvgIpc) is 2.76. The van der Waals surface area contributed by atoms with Crippen molar-refractivity contribution in [2.75, 3.05) is 31.1 Å². The summed E-state index contributed by atoms with van der Waals surface area (Å²) in [5.41, 5.74) is 0. The molecule has 1 aromatic heterocycles. The molecule has 2 aliphatic rings. The molecule has 2 atom stereocenters. The molecule has 86 valence electrons. The van der Waals surface area contributed by atoms with E-state index in [2.05, 4.69) is 53.1 Å². The number of rotatable bonds is 1. The van der Waals surface area contributed by atoms with Gasteiger partial charge in [-0.1, -0.05) is 0 Å². The maximum atomic E-state index is 4.50. The lowest BCUT2D eigenvalue weighted by molar-refractivity contribution is 0.533. The van der Waals surface area contributed by atoms with Crippen LogP contribution in [0.3, 0.4) is 0 Å². The first kappa shape index (κ1) is 11.0. The van der Waals surface area contributed by atoms with Crippen molar-refractivity contribution in [1.29, 1.82) is 0 Å². The standard InChI is InChI=1S/C11H13Br2N3/c12-9-1-10(13)11(15-4-9)16-5-7-2-14-3-8(7)6-16/h1,4,7-8,14H,2-3,5-6H2. The van der Waals surface area contributed by atoms with E-state index in [0.717, 1.165) is 52.8 Å². The molecular weight excluding hydrogens is 334 g/mol. The Morgan fingerprint density at radius 1 is 1.25 bits per heavy atom.